The van der Waals surface area contributed by atoms with Gasteiger partial charge < -0.3 is 15.0 Å². The second-order valence-corrected chi connectivity index (χ2v) is 7.40. The van der Waals surface area contributed by atoms with Crippen molar-refractivity contribution in [3.8, 4) is 0 Å². The summed E-state index contributed by atoms with van der Waals surface area (Å²) in [6.07, 6.45) is -0.446. The number of hydrogen-bond donors (Lipinski definition) is 1. The van der Waals surface area contributed by atoms with E-state index in [0.717, 1.165) is 38.3 Å². The normalized spacial score (nSPS) is 16.0. The van der Waals surface area contributed by atoms with E-state index in [0.29, 0.717) is 13.2 Å². The van der Waals surface area contributed by atoms with Gasteiger partial charge in [-0.05, 0) is 37.1 Å². The van der Waals surface area contributed by atoms with Gasteiger partial charge in [0, 0.05) is 45.0 Å². The first-order chi connectivity index (χ1) is 13.6. The van der Waals surface area contributed by atoms with Gasteiger partial charge in [-0.1, -0.05) is 42.5 Å². The third-order valence-electron chi connectivity index (χ3n) is 5.18. The highest BCUT2D eigenvalue weighted by atomic mass is 16.5. The Bertz CT molecular complexity index is 743. The highest BCUT2D eigenvalue weighted by Gasteiger charge is 2.18. The quantitative estimate of drug-likeness (QED) is 0.764. The smallest absolute Gasteiger partial charge is 0.248 e. The number of anilines is 1. The zero-order valence-electron chi connectivity index (χ0n) is 16.9. The van der Waals surface area contributed by atoms with Crippen LogP contribution >= 0.6 is 0 Å². The molecule has 0 aromatic heterocycles. The molecule has 1 fully saturated rings. The van der Waals surface area contributed by atoms with E-state index >= 15 is 0 Å². The van der Waals surface area contributed by atoms with Gasteiger partial charge in [0.2, 0.25) is 5.91 Å². The van der Waals surface area contributed by atoms with E-state index in [1.807, 2.05) is 30.3 Å². The SMILES string of the molecule is Cc1cccc(N2CCN(CCNC(=O)[C@H](C)OCc3ccccc3)CC2)c1. The fraction of sp³-hybridized carbons (Fsp3) is 0.435. The second-order valence-electron chi connectivity index (χ2n) is 7.40. The van der Waals surface area contributed by atoms with Crippen LogP contribution in [0.3, 0.4) is 0 Å². The fourth-order valence-electron chi connectivity index (χ4n) is 3.41. The molecule has 0 unspecified atom stereocenters. The van der Waals surface area contributed by atoms with E-state index in [4.69, 9.17) is 4.74 Å². The standard InChI is InChI=1S/C23H31N3O2/c1-19-7-6-10-22(17-19)26-15-13-25(14-16-26)12-11-24-23(27)20(2)28-18-21-8-4-3-5-9-21/h3-10,17,20H,11-16,18H2,1-2H3,(H,24,27)/t20-/m0/s1. The Morgan fingerprint density at radius 3 is 2.54 bits per heavy atom. The van der Waals surface area contributed by atoms with E-state index in [-0.39, 0.29) is 5.91 Å². The van der Waals surface area contributed by atoms with Crippen LogP contribution in [0.25, 0.3) is 0 Å². The Kier molecular flexibility index (Phi) is 7.46. The monoisotopic (exact) mass is 381 g/mol. The lowest BCUT2D eigenvalue weighted by atomic mass is 10.2. The van der Waals surface area contributed by atoms with Crippen LogP contribution in [0.2, 0.25) is 0 Å². The number of carbonyl (C=O) groups is 1. The van der Waals surface area contributed by atoms with Crippen molar-refractivity contribution in [2.24, 2.45) is 0 Å². The van der Waals surface area contributed by atoms with Crippen molar-refractivity contribution in [1.29, 1.82) is 0 Å². The van der Waals surface area contributed by atoms with Gasteiger partial charge in [-0.3, -0.25) is 9.69 Å². The molecule has 1 saturated heterocycles. The second kappa shape index (κ2) is 10.2. The van der Waals surface area contributed by atoms with Crippen molar-refractivity contribution in [2.45, 2.75) is 26.6 Å². The molecule has 0 saturated carbocycles. The number of ether oxygens (including phenoxy) is 1. The highest BCUT2D eigenvalue weighted by molar-refractivity contribution is 5.80. The lowest BCUT2D eigenvalue weighted by molar-refractivity contribution is -0.132. The molecule has 2 aromatic rings. The molecule has 0 aliphatic carbocycles. The van der Waals surface area contributed by atoms with Crippen molar-refractivity contribution in [3.63, 3.8) is 0 Å². The number of hydrogen-bond acceptors (Lipinski definition) is 4. The molecule has 5 nitrogen and oxygen atoms in total. The van der Waals surface area contributed by atoms with Crippen LogP contribution in [0.4, 0.5) is 5.69 Å². The van der Waals surface area contributed by atoms with Crippen LogP contribution in [0.15, 0.2) is 54.6 Å². The minimum atomic E-state index is -0.446. The first-order valence-corrected chi connectivity index (χ1v) is 10.1. The van der Waals surface area contributed by atoms with Crippen LogP contribution in [0, 0.1) is 6.92 Å². The Labute approximate surface area is 168 Å². The van der Waals surface area contributed by atoms with Crippen LogP contribution < -0.4 is 10.2 Å². The summed E-state index contributed by atoms with van der Waals surface area (Å²) in [7, 11) is 0. The maximum atomic E-state index is 12.2. The molecular formula is C23H31N3O2. The number of carbonyl (C=O) groups excluding carboxylic acids is 1. The molecule has 3 rings (SSSR count). The number of rotatable bonds is 8. The van der Waals surface area contributed by atoms with E-state index in [2.05, 4.69) is 46.3 Å². The highest BCUT2D eigenvalue weighted by Crippen LogP contribution is 2.17. The molecule has 0 spiro atoms. The predicted molar refractivity (Wildman–Crippen MR) is 114 cm³/mol. The summed E-state index contributed by atoms with van der Waals surface area (Å²) in [5.74, 6) is -0.0469. The molecule has 1 heterocycles. The maximum absolute atomic E-state index is 12.2. The first kappa shape index (κ1) is 20.4. The molecular weight excluding hydrogens is 350 g/mol. The molecule has 2 aromatic carbocycles. The Balaban J connectivity index is 1.32. The summed E-state index contributed by atoms with van der Waals surface area (Å²) in [6, 6.07) is 18.6. The van der Waals surface area contributed by atoms with Crippen molar-refractivity contribution in [1.82, 2.24) is 10.2 Å². The molecule has 1 N–H and O–H groups in total. The molecule has 28 heavy (non-hydrogen) atoms. The van der Waals surface area contributed by atoms with Crippen molar-refractivity contribution in [2.75, 3.05) is 44.2 Å². The van der Waals surface area contributed by atoms with Gasteiger partial charge in [-0.25, -0.2) is 0 Å². The van der Waals surface area contributed by atoms with Crippen LogP contribution in [0.5, 0.6) is 0 Å². The van der Waals surface area contributed by atoms with Gasteiger partial charge in [0.05, 0.1) is 6.61 Å². The Morgan fingerprint density at radius 2 is 1.82 bits per heavy atom. The topological polar surface area (TPSA) is 44.8 Å². The average Bonchev–Trinajstić information content (AvgIpc) is 2.73. The molecule has 0 bridgehead atoms. The zero-order valence-corrected chi connectivity index (χ0v) is 16.9. The molecule has 5 heteroatoms. The number of piperazine rings is 1. The summed E-state index contributed by atoms with van der Waals surface area (Å²) in [4.78, 5) is 17.0. The predicted octanol–water partition coefficient (Wildman–Crippen LogP) is 2.84. The number of aryl methyl sites for hydroxylation is 1. The zero-order chi connectivity index (χ0) is 19.8. The average molecular weight is 382 g/mol. The third-order valence-corrected chi connectivity index (χ3v) is 5.18. The fourth-order valence-corrected chi connectivity index (χ4v) is 3.41. The van der Waals surface area contributed by atoms with Crippen LogP contribution in [-0.2, 0) is 16.1 Å². The van der Waals surface area contributed by atoms with Gasteiger partial charge in [0.15, 0.2) is 0 Å². The van der Waals surface area contributed by atoms with E-state index in [9.17, 15) is 4.79 Å². The summed E-state index contributed by atoms with van der Waals surface area (Å²) in [5.41, 5.74) is 3.68. The Morgan fingerprint density at radius 1 is 1.07 bits per heavy atom. The van der Waals surface area contributed by atoms with Gasteiger partial charge in [0.25, 0.3) is 0 Å². The van der Waals surface area contributed by atoms with E-state index in [1.54, 1.807) is 6.92 Å². The number of nitrogens with one attached hydrogen (secondary N) is 1. The van der Waals surface area contributed by atoms with Crippen molar-refractivity contribution < 1.29 is 9.53 Å². The summed E-state index contributed by atoms with van der Waals surface area (Å²) < 4.78 is 5.67. The molecule has 1 amide bonds. The van der Waals surface area contributed by atoms with Crippen molar-refractivity contribution >= 4 is 11.6 Å². The number of nitrogens with zero attached hydrogens (tertiary/aromatic N) is 2. The van der Waals surface area contributed by atoms with Crippen LogP contribution in [-0.4, -0.2) is 56.2 Å². The Hall–Kier alpha value is -2.37. The number of benzene rings is 2. The molecule has 150 valence electrons. The lowest BCUT2D eigenvalue weighted by Crippen LogP contribution is -2.49. The molecule has 1 atom stereocenters. The lowest BCUT2D eigenvalue weighted by Gasteiger charge is -2.36. The maximum Gasteiger partial charge on any atom is 0.248 e. The van der Waals surface area contributed by atoms with Crippen molar-refractivity contribution in [3.05, 3.63) is 65.7 Å². The third kappa shape index (κ3) is 6.08. The van der Waals surface area contributed by atoms with E-state index < -0.39 is 6.10 Å². The number of amides is 1. The van der Waals surface area contributed by atoms with Gasteiger partial charge in [0.1, 0.15) is 6.10 Å². The minimum Gasteiger partial charge on any atom is -0.369 e. The van der Waals surface area contributed by atoms with Gasteiger partial charge >= 0.3 is 0 Å². The largest absolute Gasteiger partial charge is 0.369 e. The minimum absolute atomic E-state index is 0.0469. The van der Waals surface area contributed by atoms with E-state index in [1.165, 1.54) is 11.3 Å². The molecule has 0 radical (unpaired) electrons. The summed E-state index contributed by atoms with van der Waals surface area (Å²) in [5, 5.41) is 3.00. The van der Waals surface area contributed by atoms with Gasteiger partial charge in [-0.15, -0.1) is 0 Å². The first-order valence-electron chi connectivity index (χ1n) is 10.1. The summed E-state index contributed by atoms with van der Waals surface area (Å²) >= 11 is 0. The van der Waals surface area contributed by atoms with Gasteiger partial charge in [-0.2, -0.15) is 0 Å². The van der Waals surface area contributed by atoms with Crippen LogP contribution in [0.1, 0.15) is 18.1 Å². The molecule has 1 aliphatic rings. The summed E-state index contributed by atoms with van der Waals surface area (Å²) in [6.45, 7) is 10.00. The molecule has 1 aliphatic heterocycles.